The maximum Gasteiger partial charge on any atom is 0.301 e. The van der Waals surface area contributed by atoms with Gasteiger partial charge in [0, 0.05) is 11.1 Å². The number of methoxy groups -OCH3 is 1. The Bertz CT molecular complexity index is 1480. The lowest BCUT2D eigenvalue weighted by Gasteiger charge is -2.24. The van der Waals surface area contributed by atoms with Gasteiger partial charge in [0.05, 0.1) is 22.9 Å². The fourth-order valence-electron chi connectivity index (χ4n) is 4.07. The van der Waals surface area contributed by atoms with Crippen LogP contribution in [0.15, 0.2) is 72.3 Å². The molecule has 170 valence electrons. The highest BCUT2D eigenvalue weighted by Gasteiger charge is 2.49. The standard InChI is InChI=1S/C26H19FN2O4S/c1-14-7-9-15(10-8-14)23(30)21-22(17-5-3-4-6-19(17)33-2)29(25(32)24(21)31)26-28-18-12-11-16(27)13-20(18)34-26/h3-13,22,30H,1-2H3. The van der Waals surface area contributed by atoms with Crippen molar-refractivity contribution >= 4 is 44.1 Å². The number of anilines is 1. The Balaban J connectivity index is 1.76. The van der Waals surface area contributed by atoms with Crippen molar-refractivity contribution in [3.8, 4) is 5.75 Å². The van der Waals surface area contributed by atoms with Crippen molar-refractivity contribution in [2.45, 2.75) is 13.0 Å². The topological polar surface area (TPSA) is 79.7 Å². The third-order valence-electron chi connectivity index (χ3n) is 5.75. The molecule has 5 rings (SSSR count). The van der Waals surface area contributed by atoms with Gasteiger partial charge in [0.25, 0.3) is 5.78 Å². The molecule has 1 unspecified atom stereocenters. The van der Waals surface area contributed by atoms with Gasteiger partial charge in [0.1, 0.15) is 23.4 Å². The number of nitrogens with zero attached hydrogens (tertiary/aromatic N) is 2. The Kier molecular flexibility index (Phi) is 5.37. The smallest absolute Gasteiger partial charge is 0.301 e. The normalized spacial score (nSPS) is 17.5. The Morgan fingerprint density at radius 1 is 1.09 bits per heavy atom. The van der Waals surface area contributed by atoms with Crippen LogP contribution in [0.1, 0.15) is 22.7 Å². The lowest BCUT2D eigenvalue weighted by Crippen LogP contribution is -2.29. The maximum absolute atomic E-state index is 13.8. The van der Waals surface area contributed by atoms with Gasteiger partial charge < -0.3 is 9.84 Å². The summed E-state index contributed by atoms with van der Waals surface area (Å²) in [6.07, 6.45) is 0. The molecule has 1 N–H and O–H groups in total. The molecule has 4 aromatic rings. The summed E-state index contributed by atoms with van der Waals surface area (Å²) in [7, 11) is 1.49. The molecule has 0 spiro atoms. The highest BCUT2D eigenvalue weighted by Crippen LogP contribution is 2.46. The number of Topliss-reactive ketones (excluding diaryl/α,β-unsaturated/α-hetero) is 1. The molecule has 8 heteroatoms. The van der Waals surface area contributed by atoms with Crippen molar-refractivity contribution in [3.05, 3.63) is 94.8 Å². The van der Waals surface area contributed by atoms with Crippen molar-refractivity contribution in [2.75, 3.05) is 12.0 Å². The summed E-state index contributed by atoms with van der Waals surface area (Å²) in [5, 5.41) is 11.4. The molecule has 1 fully saturated rings. The van der Waals surface area contributed by atoms with Crippen LogP contribution in [-0.2, 0) is 9.59 Å². The molecule has 1 saturated heterocycles. The number of benzene rings is 3. The Morgan fingerprint density at radius 2 is 1.82 bits per heavy atom. The SMILES string of the molecule is COc1ccccc1C1C(=C(O)c2ccc(C)cc2)C(=O)C(=O)N1c1nc2ccc(F)cc2s1. The van der Waals surface area contributed by atoms with Gasteiger partial charge in [-0.2, -0.15) is 0 Å². The Labute approximate surface area is 198 Å². The average molecular weight is 475 g/mol. The van der Waals surface area contributed by atoms with E-state index < -0.39 is 23.5 Å². The molecule has 1 atom stereocenters. The fraction of sp³-hybridized carbons (Fsp3) is 0.115. The molecule has 1 aromatic heterocycles. The number of rotatable bonds is 4. The fourth-order valence-corrected chi connectivity index (χ4v) is 5.09. The maximum atomic E-state index is 13.8. The zero-order valence-corrected chi connectivity index (χ0v) is 19.1. The minimum absolute atomic E-state index is 0.0659. The first kappa shape index (κ1) is 21.8. The molecule has 2 heterocycles. The van der Waals surface area contributed by atoms with Gasteiger partial charge in [0.2, 0.25) is 0 Å². The van der Waals surface area contributed by atoms with Gasteiger partial charge in [-0.05, 0) is 31.2 Å². The van der Waals surface area contributed by atoms with Gasteiger partial charge in [0.15, 0.2) is 5.13 Å². The predicted molar refractivity (Wildman–Crippen MR) is 129 cm³/mol. The number of para-hydroxylation sites is 1. The number of hydrogen-bond acceptors (Lipinski definition) is 6. The number of hydrogen-bond donors (Lipinski definition) is 1. The molecule has 0 saturated carbocycles. The monoisotopic (exact) mass is 474 g/mol. The molecule has 1 aliphatic heterocycles. The van der Waals surface area contributed by atoms with Crippen LogP contribution in [0.2, 0.25) is 0 Å². The number of aromatic nitrogens is 1. The van der Waals surface area contributed by atoms with E-state index in [9.17, 15) is 19.1 Å². The summed E-state index contributed by atoms with van der Waals surface area (Å²) in [6, 6.07) is 17.1. The van der Waals surface area contributed by atoms with E-state index in [-0.39, 0.29) is 16.5 Å². The first-order valence-corrected chi connectivity index (χ1v) is 11.3. The van der Waals surface area contributed by atoms with Crippen LogP contribution in [0.4, 0.5) is 9.52 Å². The summed E-state index contributed by atoms with van der Waals surface area (Å²) in [5.41, 5.74) is 2.35. The molecular formula is C26H19FN2O4S. The summed E-state index contributed by atoms with van der Waals surface area (Å²) in [4.78, 5) is 32.3. The van der Waals surface area contributed by atoms with E-state index in [1.807, 2.05) is 19.1 Å². The van der Waals surface area contributed by atoms with Gasteiger partial charge in [-0.25, -0.2) is 9.37 Å². The van der Waals surface area contributed by atoms with Crippen LogP contribution in [-0.4, -0.2) is 28.9 Å². The summed E-state index contributed by atoms with van der Waals surface area (Å²) < 4.78 is 19.8. The second-order valence-corrected chi connectivity index (χ2v) is 8.89. The van der Waals surface area contributed by atoms with E-state index in [4.69, 9.17) is 4.74 Å². The third kappa shape index (κ3) is 3.52. The highest BCUT2D eigenvalue weighted by atomic mass is 32.1. The van der Waals surface area contributed by atoms with Gasteiger partial charge in [-0.3, -0.25) is 14.5 Å². The Hall–Kier alpha value is -4.04. The molecule has 0 bridgehead atoms. The van der Waals surface area contributed by atoms with E-state index in [0.717, 1.165) is 16.9 Å². The molecule has 3 aromatic carbocycles. The molecule has 0 aliphatic carbocycles. The molecule has 0 radical (unpaired) electrons. The van der Waals surface area contributed by atoms with Crippen molar-refractivity contribution in [1.29, 1.82) is 0 Å². The van der Waals surface area contributed by atoms with E-state index in [1.165, 1.54) is 30.2 Å². The number of aliphatic hydroxyl groups excluding tert-OH is 1. The first-order chi connectivity index (χ1) is 16.4. The molecule has 6 nitrogen and oxygen atoms in total. The number of aryl methyl sites for hydroxylation is 1. The number of aliphatic hydroxyl groups is 1. The van der Waals surface area contributed by atoms with Gasteiger partial charge >= 0.3 is 5.91 Å². The van der Waals surface area contributed by atoms with Crippen molar-refractivity contribution in [1.82, 2.24) is 4.98 Å². The van der Waals surface area contributed by atoms with Crippen LogP contribution in [0.25, 0.3) is 16.0 Å². The number of amides is 1. The minimum Gasteiger partial charge on any atom is -0.507 e. The second-order valence-electron chi connectivity index (χ2n) is 7.89. The summed E-state index contributed by atoms with van der Waals surface area (Å²) in [5.74, 6) is -1.93. The largest absolute Gasteiger partial charge is 0.507 e. The van der Waals surface area contributed by atoms with Crippen molar-refractivity contribution in [3.63, 3.8) is 0 Å². The number of ketones is 1. The summed E-state index contributed by atoms with van der Waals surface area (Å²) in [6.45, 7) is 1.91. The average Bonchev–Trinajstić information content (AvgIpc) is 3.36. The van der Waals surface area contributed by atoms with E-state index >= 15 is 0 Å². The highest BCUT2D eigenvalue weighted by molar-refractivity contribution is 7.22. The molecular weight excluding hydrogens is 455 g/mol. The van der Waals surface area contributed by atoms with Crippen LogP contribution < -0.4 is 9.64 Å². The van der Waals surface area contributed by atoms with E-state index in [0.29, 0.717) is 27.1 Å². The molecule has 34 heavy (non-hydrogen) atoms. The minimum atomic E-state index is -0.983. The summed E-state index contributed by atoms with van der Waals surface area (Å²) >= 11 is 1.09. The number of halogens is 1. The zero-order valence-electron chi connectivity index (χ0n) is 18.3. The zero-order chi connectivity index (χ0) is 24.0. The van der Waals surface area contributed by atoms with Gasteiger partial charge in [-0.1, -0.05) is 59.4 Å². The Morgan fingerprint density at radius 3 is 2.56 bits per heavy atom. The van der Waals surface area contributed by atoms with Crippen molar-refractivity contribution < 1.29 is 23.8 Å². The predicted octanol–water partition coefficient (Wildman–Crippen LogP) is 5.38. The number of carbonyl (C=O) groups excluding carboxylic acids is 2. The lowest BCUT2D eigenvalue weighted by atomic mass is 9.94. The number of carbonyl (C=O) groups is 2. The first-order valence-electron chi connectivity index (χ1n) is 10.5. The van der Waals surface area contributed by atoms with Crippen LogP contribution in [0, 0.1) is 12.7 Å². The third-order valence-corrected chi connectivity index (χ3v) is 6.77. The second kappa shape index (κ2) is 8.39. The van der Waals surface area contributed by atoms with E-state index in [2.05, 4.69) is 4.98 Å². The molecule has 1 aliphatic rings. The van der Waals surface area contributed by atoms with Gasteiger partial charge in [-0.15, -0.1) is 0 Å². The number of fused-ring (bicyclic) bond motifs is 1. The van der Waals surface area contributed by atoms with E-state index in [1.54, 1.807) is 36.4 Å². The lowest BCUT2D eigenvalue weighted by molar-refractivity contribution is -0.132. The quantitative estimate of drug-likeness (QED) is 0.244. The number of ether oxygens (including phenoxy) is 1. The van der Waals surface area contributed by atoms with Crippen LogP contribution >= 0.6 is 11.3 Å². The number of thiazole rings is 1. The molecule has 1 amide bonds. The van der Waals surface area contributed by atoms with Crippen molar-refractivity contribution in [2.24, 2.45) is 0 Å². The van der Waals surface area contributed by atoms with Crippen LogP contribution in [0.5, 0.6) is 5.75 Å². The van der Waals surface area contributed by atoms with Crippen LogP contribution in [0.3, 0.4) is 0 Å².